The Morgan fingerprint density at radius 3 is 2.80 bits per heavy atom. The molecule has 0 atom stereocenters. The molecule has 0 rings (SSSR count). The van der Waals surface area contributed by atoms with Gasteiger partial charge in [-0.25, -0.2) is 0 Å². The van der Waals surface area contributed by atoms with Crippen LogP contribution in [0.15, 0.2) is 0 Å². The van der Waals surface area contributed by atoms with Gasteiger partial charge in [-0.05, 0) is 0 Å². The third kappa shape index (κ3) is 6.99. The Morgan fingerprint density at radius 2 is 2.30 bits per heavy atom. The maximum Gasteiger partial charge on any atom is 0.216 e. The van der Waals surface area contributed by atoms with E-state index in [0.29, 0.717) is 13.1 Å². The first-order valence-electron chi connectivity index (χ1n) is 3.16. The van der Waals surface area contributed by atoms with E-state index in [1.807, 2.05) is 0 Å². The van der Waals surface area contributed by atoms with E-state index in [0.717, 1.165) is 6.54 Å². The van der Waals surface area contributed by atoms with E-state index in [9.17, 15) is 4.79 Å². The average Bonchev–Trinajstić information content (AvgIpc) is 1.87. The zero-order valence-corrected chi connectivity index (χ0v) is 6.11. The van der Waals surface area contributed by atoms with Crippen molar-refractivity contribution >= 4 is 5.91 Å². The SMILES string of the molecule is C#CCNCCNC(C)=O. The summed E-state index contributed by atoms with van der Waals surface area (Å²) < 4.78 is 0. The molecule has 0 aliphatic heterocycles. The first-order valence-corrected chi connectivity index (χ1v) is 3.16. The Morgan fingerprint density at radius 1 is 1.60 bits per heavy atom. The van der Waals surface area contributed by atoms with E-state index in [2.05, 4.69) is 16.6 Å². The molecule has 0 aliphatic rings. The molecule has 1 amide bonds. The molecular weight excluding hydrogens is 128 g/mol. The van der Waals surface area contributed by atoms with Crippen LogP contribution in [0.1, 0.15) is 6.92 Å². The smallest absolute Gasteiger partial charge is 0.216 e. The van der Waals surface area contributed by atoms with Crippen molar-refractivity contribution < 1.29 is 4.79 Å². The lowest BCUT2D eigenvalue weighted by atomic mass is 10.5. The highest BCUT2D eigenvalue weighted by Gasteiger charge is 1.87. The second-order valence-electron chi connectivity index (χ2n) is 1.86. The highest BCUT2D eigenvalue weighted by Crippen LogP contribution is 1.60. The molecule has 0 aromatic carbocycles. The number of rotatable bonds is 4. The maximum absolute atomic E-state index is 10.3. The van der Waals surface area contributed by atoms with Crippen LogP contribution in [0.3, 0.4) is 0 Å². The van der Waals surface area contributed by atoms with E-state index in [1.165, 1.54) is 6.92 Å². The van der Waals surface area contributed by atoms with Crippen molar-refractivity contribution in [1.29, 1.82) is 0 Å². The minimum atomic E-state index is -0.0116. The van der Waals surface area contributed by atoms with E-state index < -0.39 is 0 Å². The summed E-state index contributed by atoms with van der Waals surface area (Å²) in [6, 6.07) is 0. The van der Waals surface area contributed by atoms with Gasteiger partial charge in [-0.15, -0.1) is 6.42 Å². The van der Waals surface area contributed by atoms with Crippen molar-refractivity contribution in [2.75, 3.05) is 19.6 Å². The summed E-state index contributed by atoms with van der Waals surface area (Å²) in [6.07, 6.45) is 4.97. The van der Waals surface area contributed by atoms with Gasteiger partial charge in [-0.2, -0.15) is 0 Å². The molecule has 0 unspecified atom stereocenters. The van der Waals surface area contributed by atoms with Gasteiger partial charge >= 0.3 is 0 Å². The molecule has 0 saturated heterocycles. The Balaban J connectivity index is 2.92. The highest BCUT2D eigenvalue weighted by atomic mass is 16.1. The van der Waals surface area contributed by atoms with Crippen LogP contribution in [0, 0.1) is 12.3 Å². The number of carbonyl (C=O) groups is 1. The molecule has 0 aliphatic carbocycles. The van der Waals surface area contributed by atoms with Gasteiger partial charge in [-0.1, -0.05) is 5.92 Å². The van der Waals surface area contributed by atoms with Crippen molar-refractivity contribution in [3.8, 4) is 12.3 Å². The van der Waals surface area contributed by atoms with Gasteiger partial charge in [0, 0.05) is 20.0 Å². The Labute approximate surface area is 61.2 Å². The fourth-order valence-electron chi connectivity index (χ4n) is 0.487. The van der Waals surface area contributed by atoms with Crippen LogP contribution in [0.25, 0.3) is 0 Å². The van der Waals surface area contributed by atoms with E-state index in [1.54, 1.807) is 0 Å². The number of nitrogens with one attached hydrogen (secondary N) is 2. The third-order valence-electron chi connectivity index (χ3n) is 0.903. The zero-order valence-electron chi connectivity index (χ0n) is 6.11. The van der Waals surface area contributed by atoms with Crippen LogP contribution < -0.4 is 10.6 Å². The minimum absolute atomic E-state index is 0.0116. The second kappa shape index (κ2) is 6.12. The number of terminal acetylenes is 1. The summed E-state index contributed by atoms with van der Waals surface area (Å²) in [5.41, 5.74) is 0. The molecule has 3 heteroatoms. The van der Waals surface area contributed by atoms with E-state index >= 15 is 0 Å². The lowest BCUT2D eigenvalue weighted by Crippen LogP contribution is -2.30. The van der Waals surface area contributed by atoms with Crippen LogP contribution in [0.5, 0.6) is 0 Å². The van der Waals surface area contributed by atoms with Gasteiger partial charge in [0.05, 0.1) is 6.54 Å². The van der Waals surface area contributed by atoms with Crippen molar-refractivity contribution in [3.05, 3.63) is 0 Å². The largest absolute Gasteiger partial charge is 0.355 e. The Kier molecular flexibility index (Phi) is 5.50. The average molecular weight is 140 g/mol. The molecular formula is C7H12N2O. The highest BCUT2D eigenvalue weighted by molar-refractivity contribution is 5.72. The molecule has 0 heterocycles. The summed E-state index contributed by atoms with van der Waals surface area (Å²) >= 11 is 0. The number of hydrogen-bond acceptors (Lipinski definition) is 2. The predicted molar refractivity (Wildman–Crippen MR) is 40.4 cm³/mol. The van der Waals surface area contributed by atoms with Crippen LogP contribution in [0.4, 0.5) is 0 Å². The van der Waals surface area contributed by atoms with Crippen LogP contribution >= 0.6 is 0 Å². The predicted octanol–water partition coefficient (Wildman–Crippen LogP) is -0.655. The first-order chi connectivity index (χ1) is 4.77. The molecule has 0 aromatic rings. The van der Waals surface area contributed by atoms with Gasteiger partial charge < -0.3 is 10.6 Å². The molecule has 2 N–H and O–H groups in total. The van der Waals surface area contributed by atoms with E-state index in [-0.39, 0.29) is 5.91 Å². The number of amides is 1. The van der Waals surface area contributed by atoms with Crippen molar-refractivity contribution in [1.82, 2.24) is 10.6 Å². The lowest BCUT2D eigenvalue weighted by Gasteiger charge is -2.00. The van der Waals surface area contributed by atoms with Gasteiger partial charge in [0.15, 0.2) is 0 Å². The van der Waals surface area contributed by atoms with Crippen LogP contribution in [-0.4, -0.2) is 25.5 Å². The topological polar surface area (TPSA) is 41.1 Å². The third-order valence-corrected chi connectivity index (χ3v) is 0.903. The fourth-order valence-corrected chi connectivity index (χ4v) is 0.487. The summed E-state index contributed by atoms with van der Waals surface area (Å²) in [5.74, 6) is 2.42. The molecule has 0 radical (unpaired) electrons. The first kappa shape index (κ1) is 8.99. The fraction of sp³-hybridized carbons (Fsp3) is 0.571. The quantitative estimate of drug-likeness (QED) is 0.402. The van der Waals surface area contributed by atoms with Crippen LogP contribution in [-0.2, 0) is 4.79 Å². The van der Waals surface area contributed by atoms with Crippen molar-refractivity contribution in [2.45, 2.75) is 6.92 Å². The van der Waals surface area contributed by atoms with Crippen LogP contribution in [0.2, 0.25) is 0 Å². The standard InChI is InChI=1S/C7H12N2O/c1-3-4-8-5-6-9-7(2)10/h1,8H,4-6H2,2H3,(H,9,10). The van der Waals surface area contributed by atoms with E-state index in [4.69, 9.17) is 6.42 Å². The molecule has 56 valence electrons. The summed E-state index contributed by atoms with van der Waals surface area (Å²) in [4.78, 5) is 10.3. The molecule has 0 fully saturated rings. The number of hydrogen-bond donors (Lipinski definition) is 2. The molecule has 0 saturated carbocycles. The molecule has 0 spiro atoms. The molecule has 3 nitrogen and oxygen atoms in total. The lowest BCUT2D eigenvalue weighted by molar-refractivity contribution is -0.118. The van der Waals surface area contributed by atoms with Crippen molar-refractivity contribution in [2.24, 2.45) is 0 Å². The normalized spacial score (nSPS) is 8.40. The monoisotopic (exact) mass is 140 g/mol. The van der Waals surface area contributed by atoms with Gasteiger partial charge in [-0.3, -0.25) is 4.79 Å². The summed E-state index contributed by atoms with van der Waals surface area (Å²) in [5, 5.41) is 5.57. The Hall–Kier alpha value is -1.01. The Bertz CT molecular complexity index is 137. The number of carbonyl (C=O) groups excluding carboxylic acids is 1. The van der Waals surface area contributed by atoms with Gasteiger partial charge in [0.1, 0.15) is 0 Å². The van der Waals surface area contributed by atoms with Gasteiger partial charge in [0.25, 0.3) is 0 Å². The van der Waals surface area contributed by atoms with Crippen molar-refractivity contribution in [3.63, 3.8) is 0 Å². The second-order valence-corrected chi connectivity index (χ2v) is 1.86. The molecule has 10 heavy (non-hydrogen) atoms. The van der Waals surface area contributed by atoms with Gasteiger partial charge in [0.2, 0.25) is 5.91 Å². The minimum Gasteiger partial charge on any atom is -0.355 e. The summed E-state index contributed by atoms with van der Waals surface area (Å²) in [6.45, 7) is 3.40. The molecule has 0 bridgehead atoms. The zero-order chi connectivity index (χ0) is 7.82. The molecule has 0 aromatic heterocycles. The summed E-state index contributed by atoms with van der Waals surface area (Å²) in [7, 11) is 0. The maximum atomic E-state index is 10.3.